The maximum atomic E-state index is 11.9. The Morgan fingerprint density at radius 2 is 2.20 bits per heavy atom. The number of hydrogen-bond acceptors (Lipinski definition) is 4. The number of benzene rings is 1. The third-order valence-electron chi connectivity index (χ3n) is 2.88. The Kier molecular flexibility index (Phi) is 4.82. The molecule has 3 amide bonds. The second-order valence-electron chi connectivity index (χ2n) is 4.32. The number of imide groups is 1. The van der Waals surface area contributed by atoms with Gasteiger partial charge in [0.15, 0.2) is 0 Å². The lowest BCUT2D eigenvalue weighted by atomic mass is 10.1. The summed E-state index contributed by atoms with van der Waals surface area (Å²) in [6.45, 7) is 2.37. The van der Waals surface area contributed by atoms with Gasteiger partial charge in [0.1, 0.15) is 0 Å². The first-order chi connectivity index (χ1) is 9.49. The first-order valence-electron chi connectivity index (χ1n) is 6.00. The van der Waals surface area contributed by atoms with Gasteiger partial charge in [0.05, 0.1) is 5.75 Å². The van der Waals surface area contributed by atoms with Crippen LogP contribution in [0, 0.1) is 6.92 Å². The van der Waals surface area contributed by atoms with E-state index in [0.29, 0.717) is 5.56 Å². The van der Waals surface area contributed by atoms with Gasteiger partial charge in [-0.15, -0.1) is 0 Å². The molecular weight excluding hydrogens is 344 g/mol. The van der Waals surface area contributed by atoms with Crippen LogP contribution >= 0.6 is 27.7 Å². The molecule has 1 aromatic carbocycles. The molecule has 1 heterocycles. The predicted octanol–water partition coefficient (Wildman–Crippen LogP) is 2.18. The molecule has 20 heavy (non-hydrogen) atoms. The molecule has 106 valence electrons. The Labute approximate surface area is 129 Å². The summed E-state index contributed by atoms with van der Waals surface area (Å²) in [5.41, 5.74) is 1.53. The highest BCUT2D eigenvalue weighted by Crippen LogP contribution is 2.18. The Morgan fingerprint density at radius 3 is 2.80 bits per heavy atom. The molecule has 1 fully saturated rings. The fourth-order valence-corrected chi connectivity index (χ4v) is 2.76. The van der Waals surface area contributed by atoms with Gasteiger partial charge in [0, 0.05) is 23.1 Å². The minimum atomic E-state index is -0.247. The Morgan fingerprint density at radius 1 is 1.45 bits per heavy atom. The van der Waals surface area contributed by atoms with Crippen molar-refractivity contribution in [2.45, 2.75) is 6.92 Å². The van der Waals surface area contributed by atoms with Gasteiger partial charge in [-0.05, 0) is 30.7 Å². The predicted molar refractivity (Wildman–Crippen MR) is 80.8 cm³/mol. The normalized spacial score (nSPS) is 14.8. The third kappa shape index (κ3) is 3.40. The van der Waals surface area contributed by atoms with Gasteiger partial charge >= 0.3 is 0 Å². The molecule has 1 aliphatic heterocycles. The van der Waals surface area contributed by atoms with Crippen molar-refractivity contribution in [1.29, 1.82) is 0 Å². The first-order valence-corrected chi connectivity index (χ1v) is 7.78. The molecule has 2 rings (SSSR count). The molecule has 1 aromatic rings. The second-order valence-corrected chi connectivity index (χ2v) is 6.10. The van der Waals surface area contributed by atoms with Crippen molar-refractivity contribution < 1.29 is 14.4 Å². The number of nitrogens with one attached hydrogen (secondary N) is 1. The zero-order chi connectivity index (χ0) is 14.7. The number of thioether (sulfide) groups is 1. The highest BCUT2D eigenvalue weighted by molar-refractivity contribution is 9.10. The molecule has 0 radical (unpaired) electrons. The highest BCUT2D eigenvalue weighted by Gasteiger charge is 2.29. The maximum Gasteiger partial charge on any atom is 0.288 e. The number of carbonyl (C=O) groups excluding carboxylic acids is 3. The summed E-state index contributed by atoms with van der Waals surface area (Å²) in [7, 11) is 0. The van der Waals surface area contributed by atoms with Gasteiger partial charge in [-0.2, -0.15) is 0 Å². The monoisotopic (exact) mass is 356 g/mol. The zero-order valence-corrected chi connectivity index (χ0v) is 13.2. The number of hydrogen-bond donors (Lipinski definition) is 1. The molecule has 0 saturated carbocycles. The lowest BCUT2D eigenvalue weighted by Gasteiger charge is -2.13. The molecule has 0 unspecified atom stereocenters. The molecule has 5 nitrogen and oxygen atoms in total. The number of amides is 3. The molecule has 0 aliphatic carbocycles. The van der Waals surface area contributed by atoms with Crippen LogP contribution in [0.25, 0.3) is 0 Å². The molecule has 0 spiro atoms. The SMILES string of the molecule is Cc1cc(C(=O)NCCN2C(=O)CSC2=O)ccc1Br. The molecule has 0 atom stereocenters. The molecule has 7 heteroatoms. The molecule has 1 N–H and O–H groups in total. The quantitative estimate of drug-likeness (QED) is 0.897. The summed E-state index contributed by atoms with van der Waals surface area (Å²) in [5, 5.41) is 2.46. The Balaban J connectivity index is 1.87. The van der Waals surface area contributed by atoms with Crippen LogP contribution in [0.4, 0.5) is 4.79 Å². The van der Waals surface area contributed by atoms with Gasteiger partial charge in [0.25, 0.3) is 11.1 Å². The number of halogens is 1. The van der Waals surface area contributed by atoms with E-state index in [1.807, 2.05) is 13.0 Å². The van der Waals surface area contributed by atoms with Crippen LogP contribution in [-0.2, 0) is 4.79 Å². The molecular formula is C13H13BrN2O3S. The third-order valence-corrected chi connectivity index (χ3v) is 4.63. The molecule has 0 bridgehead atoms. The Bertz CT molecular complexity index is 561. The van der Waals surface area contributed by atoms with Crippen molar-refractivity contribution >= 4 is 44.7 Å². The van der Waals surface area contributed by atoms with Crippen molar-refractivity contribution in [3.63, 3.8) is 0 Å². The van der Waals surface area contributed by atoms with Gasteiger partial charge in [-0.25, -0.2) is 0 Å². The van der Waals surface area contributed by atoms with Gasteiger partial charge in [-0.3, -0.25) is 19.3 Å². The van der Waals surface area contributed by atoms with E-state index in [4.69, 9.17) is 0 Å². The lowest BCUT2D eigenvalue weighted by molar-refractivity contribution is -0.124. The van der Waals surface area contributed by atoms with Crippen LogP contribution in [0.15, 0.2) is 22.7 Å². The number of nitrogens with zero attached hydrogens (tertiary/aromatic N) is 1. The van der Waals surface area contributed by atoms with E-state index in [2.05, 4.69) is 21.2 Å². The largest absolute Gasteiger partial charge is 0.350 e. The Hall–Kier alpha value is -1.34. The average Bonchev–Trinajstić information content (AvgIpc) is 2.73. The standard InChI is InChI=1S/C13H13BrN2O3S/c1-8-6-9(2-3-10(8)14)12(18)15-4-5-16-11(17)7-20-13(16)19/h2-3,6H,4-5,7H2,1H3,(H,15,18). The van der Waals surface area contributed by atoms with Crippen LogP contribution in [0.2, 0.25) is 0 Å². The van der Waals surface area contributed by atoms with E-state index in [1.54, 1.807) is 12.1 Å². The van der Waals surface area contributed by atoms with Crippen molar-refractivity contribution in [3.05, 3.63) is 33.8 Å². The minimum absolute atomic E-state index is 0.193. The fraction of sp³-hybridized carbons (Fsp3) is 0.308. The topological polar surface area (TPSA) is 66.5 Å². The lowest BCUT2D eigenvalue weighted by Crippen LogP contribution is -2.37. The van der Waals surface area contributed by atoms with Crippen molar-refractivity contribution in [3.8, 4) is 0 Å². The van der Waals surface area contributed by atoms with Crippen LogP contribution in [0.5, 0.6) is 0 Å². The van der Waals surface area contributed by atoms with Crippen molar-refractivity contribution in [2.75, 3.05) is 18.8 Å². The van der Waals surface area contributed by atoms with E-state index >= 15 is 0 Å². The summed E-state index contributed by atoms with van der Waals surface area (Å²) >= 11 is 4.37. The summed E-state index contributed by atoms with van der Waals surface area (Å²) in [6, 6.07) is 5.31. The summed E-state index contributed by atoms with van der Waals surface area (Å²) in [5.74, 6) is -0.223. The van der Waals surface area contributed by atoms with Crippen molar-refractivity contribution in [1.82, 2.24) is 10.2 Å². The molecule has 0 aromatic heterocycles. The van der Waals surface area contributed by atoms with Crippen LogP contribution in [0.1, 0.15) is 15.9 Å². The average molecular weight is 357 g/mol. The number of rotatable bonds is 4. The van der Waals surface area contributed by atoms with Gasteiger partial charge < -0.3 is 5.32 Å². The van der Waals surface area contributed by atoms with Gasteiger partial charge in [0.2, 0.25) is 5.91 Å². The van der Waals surface area contributed by atoms with Crippen molar-refractivity contribution in [2.24, 2.45) is 0 Å². The van der Waals surface area contributed by atoms with Crippen LogP contribution in [-0.4, -0.2) is 40.8 Å². The first kappa shape index (κ1) is 15.1. The second kappa shape index (κ2) is 6.41. The summed E-state index contributed by atoms with van der Waals surface area (Å²) in [6.07, 6.45) is 0. The van der Waals surface area contributed by atoms with E-state index < -0.39 is 0 Å². The smallest absolute Gasteiger partial charge is 0.288 e. The van der Waals surface area contributed by atoms with E-state index in [1.165, 1.54) is 0 Å². The number of aryl methyl sites for hydroxylation is 1. The number of carbonyl (C=O) groups is 3. The van der Waals surface area contributed by atoms with Gasteiger partial charge in [-0.1, -0.05) is 27.7 Å². The van der Waals surface area contributed by atoms with E-state index in [-0.39, 0.29) is 35.9 Å². The summed E-state index contributed by atoms with van der Waals surface area (Å²) < 4.78 is 0.944. The van der Waals surface area contributed by atoms with Crippen LogP contribution < -0.4 is 5.32 Å². The molecule has 1 aliphatic rings. The maximum absolute atomic E-state index is 11.9. The highest BCUT2D eigenvalue weighted by atomic mass is 79.9. The summed E-state index contributed by atoms with van der Waals surface area (Å²) in [4.78, 5) is 35.8. The zero-order valence-electron chi connectivity index (χ0n) is 10.8. The fourth-order valence-electron chi connectivity index (χ4n) is 1.77. The van der Waals surface area contributed by atoms with E-state index in [9.17, 15) is 14.4 Å². The van der Waals surface area contributed by atoms with Crippen LogP contribution in [0.3, 0.4) is 0 Å². The van der Waals surface area contributed by atoms with E-state index in [0.717, 1.165) is 26.7 Å². The molecule has 1 saturated heterocycles. The minimum Gasteiger partial charge on any atom is -0.350 e.